The van der Waals surface area contributed by atoms with E-state index in [1.165, 1.54) is 4.40 Å². The predicted octanol–water partition coefficient (Wildman–Crippen LogP) is -0.630. The van der Waals surface area contributed by atoms with Gasteiger partial charge in [-0.05, 0) is 6.92 Å². The molecular weight excluding hydrogens is 234 g/mol. The van der Waals surface area contributed by atoms with Crippen LogP contribution in [-0.2, 0) is 6.54 Å². The number of aromatic nitrogens is 6. The number of rotatable bonds is 2. The lowest BCUT2D eigenvalue weighted by molar-refractivity contribution is 0.827. The van der Waals surface area contributed by atoms with Gasteiger partial charge in [0.15, 0.2) is 5.65 Å². The molecular formula is C10H11N7O. The molecule has 0 unspecified atom stereocenters. The van der Waals surface area contributed by atoms with Crippen LogP contribution in [0.15, 0.2) is 23.3 Å². The smallest absolute Gasteiger partial charge is 0.324 e. The number of H-pyrrole nitrogens is 1. The van der Waals surface area contributed by atoms with E-state index in [-0.39, 0.29) is 5.69 Å². The van der Waals surface area contributed by atoms with E-state index in [0.29, 0.717) is 29.7 Å². The van der Waals surface area contributed by atoms with Gasteiger partial charge in [0.05, 0.1) is 6.54 Å². The van der Waals surface area contributed by atoms with Gasteiger partial charge < -0.3 is 5.73 Å². The number of nitrogens with one attached hydrogen (secondary N) is 1. The van der Waals surface area contributed by atoms with Gasteiger partial charge in [0.2, 0.25) is 0 Å². The van der Waals surface area contributed by atoms with Crippen LogP contribution in [0.1, 0.15) is 11.6 Å². The average Bonchev–Trinajstić information content (AvgIpc) is 2.95. The van der Waals surface area contributed by atoms with Crippen LogP contribution in [0.25, 0.3) is 11.5 Å². The minimum atomic E-state index is -0.300. The SMILES string of the molecule is Cc1nc(-n2ccnc2CN)cc2n[nH]c(=O)n12. The Hall–Kier alpha value is -2.48. The van der Waals surface area contributed by atoms with Crippen LogP contribution in [0.4, 0.5) is 0 Å². The van der Waals surface area contributed by atoms with Crippen molar-refractivity contribution < 1.29 is 0 Å². The molecule has 3 N–H and O–H groups in total. The van der Waals surface area contributed by atoms with E-state index < -0.39 is 0 Å². The van der Waals surface area contributed by atoms with E-state index in [0.717, 1.165) is 0 Å². The van der Waals surface area contributed by atoms with Crippen molar-refractivity contribution in [1.29, 1.82) is 0 Å². The fourth-order valence-electron chi connectivity index (χ4n) is 1.90. The third kappa shape index (κ3) is 1.43. The number of hydrogen-bond donors (Lipinski definition) is 2. The van der Waals surface area contributed by atoms with E-state index in [2.05, 4.69) is 20.2 Å². The Kier molecular flexibility index (Phi) is 2.23. The zero-order chi connectivity index (χ0) is 12.7. The monoisotopic (exact) mass is 245 g/mol. The average molecular weight is 245 g/mol. The standard InChI is InChI=1S/C10H11N7O/c1-6-13-7(16-3-2-12-9(16)5-11)4-8-14-15-10(18)17(6)8/h2-4H,5,11H2,1H3,(H,15,18). The molecule has 0 fully saturated rings. The summed E-state index contributed by atoms with van der Waals surface area (Å²) >= 11 is 0. The second-order valence-corrected chi connectivity index (χ2v) is 3.80. The third-order valence-electron chi connectivity index (χ3n) is 2.70. The second-order valence-electron chi connectivity index (χ2n) is 3.80. The molecule has 0 atom stereocenters. The summed E-state index contributed by atoms with van der Waals surface area (Å²) in [5.74, 6) is 1.89. The molecule has 8 nitrogen and oxygen atoms in total. The lowest BCUT2D eigenvalue weighted by atomic mass is 10.4. The highest BCUT2D eigenvalue weighted by Crippen LogP contribution is 2.10. The number of aryl methyl sites for hydroxylation is 1. The van der Waals surface area contributed by atoms with Gasteiger partial charge in [0, 0.05) is 18.5 Å². The van der Waals surface area contributed by atoms with Crippen molar-refractivity contribution in [3.05, 3.63) is 40.6 Å². The van der Waals surface area contributed by atoms with Crippen LogP contribution in [0, 0.1) is 6.92 Å². The van der Waals surface area contributed by atoms with Crippen LogP contribution in [-0.4, -0.2) is 29.1 Å². The van der Waals surface area contributed by atoms with Gasteiger partial charge in [-0.2, -0.15) is 5.10 Å². The molecule has 0 bridgehead atoms. The van der Waals surface area contributed by atoms with Crippen molar-refractivity contribution in [2.24, 2.45) is 5.73 Å². The van der Waals surface area contributed by atoms with Crippen molar-refractivity contribution >= 4 is 5.65 Å². The largest absolute Gasteiger partial charge is 0.349 e. The maximum absolute atomic E-state index is 11.5. The highest BCUT2D eigenvalue weighted by molar-refractivity contribution is 5.44. The van der Waals surface area contributed by atoms with E-state index >= 15 is 0 Å². The van der Waals surface area contributed by atoms with Gasteiger partial charge in [-0.25, -0.2) is 24.3 Å². The second kappa shape index (κ2) is 3.77. The Morgan fingerprint density at radius 2 is 2.33 bits per heavy atom. The number of aromatic amines is 1. The summed E-state index contributed by atoms with van der Waals surface area (Å²) in [7, 11) is 0. The molecule has 0 aliphatic rings. The van der Waals surface area contributed by atoms with E-state index in [1.807, 2.05) is 0 Å². The van der Waals surface area contributed by atoms with Gasteiger partial charge in [0.1, 0.15) is 17.5 Å². The van der Waals surface area contributed by atoms with E-state index in [4.69, 9.17) is 5.73 Å². The van der Waals surface area contributed by atoms with Crippen molar-refractivity contribution in [1.82, 2.24) is 29.1 Å². The molecule has 0 aliphatic heterocycles. The van der Waals surface area contributed by atoms with Gasteiger partial charge >= 0.3 is 5.69 Å². The fraction of sp³-hybridized carbons (Fsp3) is 0.200. The number of nitrogens with two attached hydrogens (primary N) is 1. The third-order valence-corrected chi connectivity index (χ3v) is 2.70. The molecule has 0 saturated carbocycles. The molecule has 0 aromatic carbocycles. The predicted molar refractivity (Wildman–Crippen MR) is 63.4 cm³/mol. The first-order chi connectivity index (χ1) is 8.70. The summed E-state index contributed by atoms with van der Waals surface area (Å²) in [4.78, 5) is 20.0. The summed E-state index contributed by atoms with van der Waals surface area (Å²) in [5, 5.41) is 6.31. The first-order valence-electron chi connectivity index (χ1n) is 5.38. The van der Waals surface area contributed by atoms with Crippen LogP contribution in [0.5, 0.6) is 0 Å². The Morgan fingerprint density at radius 1 is 1.50 bits per heavy atom. The van der Waals surface area contributed by atoms with Crippen molar-refractivity contribution in [2.45, 2.75) is 13.5 Å². The molecule has 0 saturated heterocycles. The Balaban J connectivity index is 2.28. The molecule has 0 amide bonds. The summed E-state index contributed by atoms with van der Waals surface area (Å²) in [6.07, 6.45) is 3.42. The molecule has 18 heavy (non-hydrogen) atoms. The fourth-order valence-corrected chi connectivity index (χ4v) is 1.90. The topological polar surface area (TPSA) is 107 Å². The van der Waals surface area contributed by atoms with Crippen molar-refractivity contribution in [3.63, 3.8) is 0 Å². The van der Waals surface area contributed by atoms with Gasteiger partial charge in [-0.3, -0.25) is 4.57 Å². The van der Waals surface area contributed by atoms with Gasteiger partial charge in [-0.15, -0.1) is 0 Å². The van der Waals surface area contributed by atoms with Crippen molar-refractivity contribution in [3.8, 4) is 5.82 Å². The van der Waals surface area contributed by atoms with E-state index in [1.54, 1.807) is 30.0 Å². The normalized spacial score (nSPS) is 11.2. The van der Waals surface area contributed by atoms with Gasteiger partial charge in [0.25, 0.3) is 0 Å². The van der Waals surface area contributed by atoms with Crippen LogP contribution < -0.4 is 11.4 Å². The molecule has 0 spiro atoms. The summed E-state index contributed by atoms with van der Waals surface area (Å²) < 4.78 is 3.18. The Morgan fingerprint density at radius 3 is 3.11 bits per heavy atom. The molecule has 8 heteroatoms. The summed E-state index contributed by atoms with van der Waals surface area (Å²) in [6.45, 7) is 2.05. The minimum absolute atomic E-state index is 0.300. The Labute approximate surface area is 101 Å². The van der Waals surface area contributed by atoms with Crippen molar-refractivity contribution in [2.75, 3.05) is 0 Å². The van der Waals surface area contributed by atoms with Gasteiger partial charge in [-0.1, -0.05) is 0 Å². The number of fused-ring (bicyclic) bond motifs is 1. The first kappa shape index (κ1) is 10.7. The van der Waals surface area contributed by atoms with Crippen LogP contribution in [0.3, 0.4) is 0 Å². The van der Waals surface area contributed by atoms with Crippen LogP contribution >= 0.6 is 0 Å². The lowest BCUT2D eigenvalue weighted by Crippen LogP contribution is -2.15. The maximum atomic E-state index is 11.5. The number of hydrogen-bond acceptors (Lipinski definition) is 5. The van der Waals surface area contributed by atoms with E-state index in [9.17, 15) is 4.79 Å². The summed E-state index contributed by atoms with van der Waals surface area (Å²) in [5.41, 5.74) is 5.81. The molecule has 3 rings (SSSR count). The molecule has 3 heterocycles. The molecule has 3 aromatic rings. The lowest BCUT2D eigenvalue weighted by Gasteiger charge is -2.06. The Bertz CT molecular complexity index is 766. The highest BCUT2D eigenvalue weighted by atomic mass is 16.1. The minimum Gasteiger partial charge on any atom is -0.324 e. The number of nitrogens with zero attached hydrogens (tertiary/aromatic N) is 5. The summed E-state index contributed by atoms with van der Waals surface area (Å²) in [6, 6.07) is 1.70. The quantitative estimate of drug-likeness (QED) is 0.625. The number of imidazole rings is 1. The molecule has 92 valence electrons. The molecule has 0 radical (unpaired) electrons. The molecule has 3 aromatic heterocycles. The van der Waals surface area contributed by atoms with Crippen LogP contribution in [0.2, 0.25) is 0 Å². The highest BCUT2D eigenvalue weighted by Gasteiger charge is 2.10. The zero-order valence-electron chi connectivity index (χ0n) is 9.66. The first-order valence-corrected chi connectivity index (χ1v) is 5.38. The molecule has 0 aliphatic carbocycles. The zero-order valence-corrected chi connectivity index (χ0v) is 9.66. The maximum Gasteiger partial charge on any atom is 0.349 e.